The van der Waals surface area contributed by atoms with Crippen molar-refractivity contribution < 1.29 is 43.1 Å². The molecule has 0 radical (unpaired) electrons. The van der Waals surface area contributed by atoms with E-state index >= 15 is 0 Å². The molecule has 0 aliphatic heterocycles. The van der Waals surface area contributed by atoms with Crippen molar-refractivity contribution in [1.82, 2.24) is 0 Å². The van der Waals surface area contributed by atoms with E-state index in [0.29, 0.717) is 46.5 Å². The van der Waals surface area contributed by atoms with E-state index in [1.54, 1.807) is 70.9 Å². The average molecular weight is 891 g/mol. The van der Waals surface area contributed by atoms with Gasteiger partial charge < -0.3 is 38.3 Å². The van der Waals surface area contributed by atoms with Gasteiger partial charge in [-0.2, -0.15) is 0 Å². The molecule has 0 spiro atoms. The summed E-state index contributed by atoms with van der Waals surface area (Å²) in [5, 5.41) is 9.86. The van der Waals surface area contributed by atoms with Gasteiger partial charge in [0.25, 0.3) is 0 Å². The van der Waals surface area contributed by atoms with E-state index in [1.807, 2.05) is 75.4 Å². The highest BCUT2D eigenvalue weighted by Gasteiger charge is 2.28. The van der Waals surface area contributed by atoms with Gasteiger partial charge in [0, 0.05) is 28.9 Å². The minimum Gasteiger partial charge on any atom is -0.504 e. The highest BCUT2D eigenvalue weighted by atomic mass is 16.5. The Balaban J connectivity index is 1.01. The lowest BCUT2D eigenvalue weighted by Crippen LogP contribution is -2.26. The number of carbonyl (C=O) groups excluding carboxylic acids is 1. The Hall–Kier alpha value is -6.97. The summed E-state index contributed by atoms with van der Waals surface area (Å²) in [6, 6.07) is 38.0. The van der Waals surface area contributed by atoms with Crippen molar-refractivity contribution in [2.24, 2.45) is 0 Å². The van der Waals surface area contributed by atoms with Crippen molar-refractivity contribution >= 4 is 5.78 Å². The average Bonchev–Trinajstić information content (AvgIpc) is 3.32. The summed E-state index contributed by atoms with van der Waals surface area (Å²) < 4.78 is 41.1. The van der Waals surface area contributed by atoms with Crippen molar-refractivity contribution in [2.45, 2.75) is 71.5 Å². The molecule has 0 aromatic heterocycles. The number of carbonyl (C=O) groups is 1. The first-order chi connectivity index (χ1) is 31.8. The van der Waals surface area contributed by atoms with Crippen LogP contribution >= 0.6 is 0 Å². The molecule has 0 saturated carbocycles. The molecule has 6 aromatic rings. The zero-order valence-electron chi connectivity index (χ0n) is 39.6. The number of aromatic hydroxyl groups is 1. The number of ether oxygens (including phenoxy) is 7. The molecule has 9 nitrogen and oxygen atoms in total. The van der Waals surface area contributed by atoms with Crippen LogP contribution in [0.2, 0.25) is 0 Å². The second-order valence-electron chi connectivity index (χ2n) is 16.9. The third-order valence-electron chi connectivity index (χ3n) is 11.4. The van der Waals surface area contributed by atoms with Gasteiger partial charge >= 0.3 is 0 Å². The first-order valence-electron chi connectivity index (χ1n) is 22.2. The van der Waals surface area contributed by atoms with Gasteiger partial charge in [0.05, 0.1) is 34.0 Å². The van der Waals surface area contributed by atoms with Gasteiger partial charge in [0.2, 0.25) is 0 Å². The van der Waals surface area contributed by atoms with Gasteiger partial charge in [-0.25, -0.2) is 0 Å². The van der Waals surface area contributed by atoms with Crippen molar-refractivity contribution in [2.75, 3.05) is 35.0 Å². The van der Waals surface area contributed by atoms with E-state index in [1.165, 1.54) is 0 Å². The number of rotatable bonds is 22. The maximum Gasteiger partial charge on any atom is 0.193 e. The number of phenolic OH excluding ortho intramolecular Hbond substituents is 1. The van der Waals surface area contributed by atoms with Gasteiger partial charge in [-0.1, -0.05) is 60.7 Å². The summed E-state index contributed by atoms with van der Waals surface area (Å²) in [7, 11) is 6.52. The van der Waals surface area contributed by atoms with Crippen LogP contribution in [0.1, 0.15) is 83.9 Å². The first kappa shape index (κ1) is 48.5. The third-order valence-corrected chi connectivity index (χ3v) is 11.4. The predicted molar refractivity (Wildman–Crippen MR) is 261 cm³/mol. The van der Waals surface area contributed by atoms with E-state index in [4.69, 9.17) is 33.2 Å². The SMILES string of the molecule is CCOC(C)(C)c1ccc(C/C=C/Cc2ccc(Oc3ccc(C(=O)c4ccc(OC(C)(C)c5ccc(C/C=C/Cc6ccc(O)c(OC)c6)cc5OC)cc4)cc3)c(OC)c2)cc1OC. The molecule has 0 bridgehead atoms. The van der Waals surface area contributed by atoms with Gasteiger partial charge in [-0.05, 0) is 167 Å². The normalized spacial score (nSPS) is 11.8. The predicted octanol–water partition coefficient (Wildman–Crippen LogP) is 12.7. The van der Waals surface area contributed by atoms with Crippen molar-refractivity contribution in [3.05, 3.63) is 190 Å². The summed E-state index contributed by atoms with van der Waals surface area (Å²) in [6.07, 6.45) is 11.5. The fourth-order valence-electron chi connectivity index (χ4n) is 7.80. The van der Waals surface area contributed by atoms with Crippen LogP contribution in [0.25, 0.3) is 0 Å². The van der Waals surface area contributed by atoms with E-state index < -0.39 is 11.2 Å². The zero-order valence-corrected chi connectivity index (χ0v) is 39.6. The number of methoxy groups -OCH3 is 4. The molecule has 344 valence electrons. The minimum absolute atomic E-state index is 0.113. The number of benzene rings is 6. The van der Waals surface area contributed by atoms with Crippen LogP contribution in [0.5, 0.6) is 46.0 Å². The topological polar surface area (TPSA) is 102 Å². The summed E-state index contributed by atoms with van der Waals surface area (Å²) in [5.74, 6) is 4.44. The van der Waals surface area contributed by atoms with Crippen LogP contribution < -0.4 is 28.4 Å². The van der Waals surface area contributed by atoms with Crippen LogP contribution in [0.4, 0.5) is 0 Å². The number of allylic oxidation sites excluding steroid dienone is 4. The van der Waals surface area contributed by atoms with Crippen LogP contribution in [0.15, 0.2) is 146 Å². The smallest absolute Gasteiger partial charge is 0.193 e. The van der Waals surface area contributed by atoms with E-state index in [-0.39, 0.29) is 11.5 Å². The van der Waals surface area contributed by atoms with Crippen molar-refractivity contribution in [1.29, 1.82) is 0 Å². The molecule has 0 aliphatic carbocycles. The molecule has 66 heavy (non-hydrogen) atoms. The third kappa shape index (κ3) is 12.4. The van der Waals surface area contributed by atoms with Crippen LogP contribution in [-0.4, -0.2) is 45.9 Å². The zero-order chi connectivity index (χ0) is 47.3. The molecule has 0 fully saturated rings. The molecule has 0 amide bonds. The molecule has 6 rings (SSSR count). The van der Waals surface area contributed by atoms with Gasteiger partial charge in [0.1, 0.15) is 28.6 Å². The molecule has 0 saturated heterocycles. The van der Waals surface area contributed by atoms with Gasteiger partial charge in [0.15, 0.2) is 28.8 Å². The van der Waals surface area contributed by atoms with E-state index in [9.17, 15) is 9.90 Å². The Kier molecular flexibility index (Phi) is 16.4. The second kappa shape index (κ2) is 22.3. The number of ketones is 1. The molecule has 1 N–H and O–H groups in total. The monoisotopic (exact) mass is 890 g/mol. The Morgan fingerprint density at radius 3 is 1.36 bits per heavy atom. The highest BCUT2D eigenvalue weighted by molar-refractivity contribution is 6.09. The molecule has 0 unspecified atom stereocenters. The first-order valence-corrected chi connectivity index (χ1v) is 22.2. The van der Waals surface area contributed by atoms with Gasteiger partial charge in [-0.3, -0.25) is 4.79 Å². The molecular weight excluding hydrogens is 829 g/mol. The summed E-state index contributed by atoms with van der Waals surface area (Å²) >= 11 is 0. The second-order valence-corrected chi connectivity index (χ2v) is 16.9. The standard InChI is InChI=1S/C57H62O9/c1-10-64-56(2,3)47-31-19-39(35-51(47)60-6)15-12-14-18-42-22-34-50(54(38-42)63-9)65-45-27-23-43(24-28-45)55(59)44-25-29-46(30-26-44)66-57(4,5)48-32-20-40(36-52(48)61-7)16-11-13-17-41-21-33-49(58)53(37-41)62-8/h11-14,19-38,58H,10,15-18H2,1-9H3/b13-11+,14-12+. The molecule has 0 aliphatic rings. The van der Waals surface area contributed by atoms with Gasteiger partial charge in [-0.15, -0.1) is 0 Å². The fourth-order valence-corrected chi connectivity index (χ4v) is 7.80. The highest BCUT2D eigenvalue weighted by Crippen LogP contribution is 2.37. The largest absolute Gasteiger partial charge is 0.504 e. The quantitative estimate of drug-likeness (QED) is 0.0527. The van der Waals surface area contributed by atoms with Crippen LogP contribution in [0, 0.1) is 0 Å². The Morgan fingerprint density at radius 2 is 0.894 bits per heavy atom. The summed E-state index contributed by atoms with van der Waals surface area (Å²) in [6.45, 7) is 10.7. The lowest BCUT2D eigenvalue weighted by Gasteiger charge is -2.29. The number of hydrogen-bond donors (Lipinski definition) is 1. The molecule has 0 heterocycles. The van der Waals surface area contributed by atoms with Crippen molar-refractivity contribution in [3.63, 3.8) is 0 Å². The minimum atomic E-state index is -0.731. The molecule has 9 heteroatoms. The lowest BCUT2D eigenvalue weighted by molar-refractivity contribution is -0.0155. The summed E-state index contributed by atoms with van der Waals surface area (Å²) in [5.41, 5.74) is 6.23. The Labute approximate surface area is 390 Å². The number of hydrogen-bond acceptors (Lipinski definition) is 9. The Morgan fingerprint density at radius 1 is 0.485 bits per heavy atom. The molecule has 6 aromatic carbocycles. The van der Waals surface area contributed by atoms with Crippen LogP contribution in [0.3, 0.4) is 0 Å². The molecular formula is C57H62O9. The Bertz CT molecular complexity index is 2620. The number of phenols is 1. The van der Waals surface area contributed by atoms with Crippen molar-refractivity contribution in [3.8, 4) is 46.0 Å². The van der Waals surface area contributed by atoms with E-state index in [0.717, 1.165) is 70.6 Å². The van der Waals surface area contributed by atoms with Crippen LogP contribution in [-0.2, 0) is 41.6 Å². The molecule has 0 atom stereocenters. The maximum absolute atomic E-state index is 13.5. The van der Waals surface area contributed by atoms with E-state index in [2.05, 4.69) is 62.4 Å². The lowest BCUT2D eigenvalue weighted by atomic mass is 9.94. The fraction of sp³-hybridized carbons (Fsp3) is 0.281. The maximum atomic E-state index is 13.5. The summed E-state index contributed by atoms with van der Waals surface area (Å²) in [4.78, 5) is 13.5.